The van der Waals surface area contributed by atoms with Gasteiger partial charge in [-0.05, 0) is 6.42 Å². The summed E-state index contributed by atoms with van der Waals surface area (Å²) in [6.07, 6.45) is -1.43. The monoisotopic (exact) mass is 642 g/mol. The molecule has 0 aliphatic carbocycles. The largest absolute Gasteiger partial charge is 0.480 e. The van der Waals surface area contributed by atoms with Crippen molar-refractivity contribution in [1.82, 2.24) is 19.6 Å². The van der Waals surface area contributed by atoms with Crippen LogP contribution in [0.4, 0.5) is 22.0 Å². The van der Waals surface area contributed by atoms with Crippen LogP contribution in [0.5, 0.6) is 5.75 Å². The van der Waals surface area contributed by atoms with Gasteiger partial charge in [0.25, 0.3) is 0 Å². The smallest absolute Gasteiger partial charge is 0.320 e. The lowest BCUT2D eigenvalue weighted by Gasteiger charge is -2.35. The van der Waals surface area contributed by atoms with E-state index in [0.29, 0.717) is 0 Å². The van der Waals surface area contributed by atoms with Crippen molar-refractivity contribution < 1.29 is 71.1 Å². The van der Waals surface area contributed by atoms with Gasteiger partial charge in [0, 0.05) is 58.8 Å². The molecule has 1 unspecified atom stereocenters. The zero-order valence-electron chi connectivity index (χ0n) is 23.2. The van der Waals surface area contributed by atoms with Gasteiger partial charge in [-0.2, -0.15) is 8.78 Å². The van der Waals surface area contributed by atoms with Crippen LogP contribution in [0.3, 0.4) is 0 Å². The lowest BCUT2D eigenvalue weighted by atomic mass is 10.1. The Labute approximate surface area is 246 Å². The second kappa shape index (κ2) is 16.8. The van der Waals surface area contributed by atoms with E-state index in [1.165, 1.54) is 19.6 Å². The number of carboxylic acid groups (broad SMARTS) is 4. The van der Waals surface area contributed by atoms with E-state index in [0.717, 1.165) is 0 Å². The van der Waals surface area contributed by atoms with Gasteiger partial charge in [-0.15, -0.1) is 0 Å². The van der Waals surface area contributed by atoms with Crippen molar-refractivity contribution in [2.45, 2.75) is 18.9 Å². The molecule has 1 atom stereocenters. The Balaban J connectivity index is 2.26. The minimum absolute atomic E-state index is 0.0507. The van der Waals surface area contributed by atoms with Crippen LogP contribution in [-0.2, 0) is 24.0 Å². The summed E-state index contributed by atoms with van der Waals surface area (Å²) in [5.41, 5.74) is 0. The van der Waals surface area contributed by atoms with E-state index in [1.807, 2.05) is 0 Å². The lowest BCUT2D eigenvalue weighted by Crippen LogP contribution is -2.52. The van der Waals surface area contributed by atoms with Crippen LogP contribution in [0.2, 0.25) is 0 Å². The van der Waals surface area contributed by atoms with Crippen molar-refractivity contribution in [3.63, 3.8) is 0 Å². The van der Waals surface area contributed by atoms with E-state index in [9.17, 15) is 66.4 Å². The van der Waals surface area contributed by atoms with Crippen molar-refractivity contribution in [3.05, 3.63) is 29.1 Å². The van der Waals surface area contributed by atoms with Gasteiger partial charge in [0.15, 0.2) is 0 Å². The van der Waals surface area contributed by atoms with Crippen LogP contribution in [0.1, 0.15) is 12.8 Å². The molecule has 246 valence electrons. The van der Waals surface area contributed by atoms with Crippen LogP contribution < -0.4 is 4.74 Å². The molecule has 1 heterocycles. The molecule has 1 aromatic carbocycles. The van der Waals surface area contributed by atoms with Gasteiger partial charge in [0.2, 0.25) is 34.8 Å². The highest BCUT2D eigenvalue weighted by Gasteiger charge is 2.31. The number of carboxylic acids is 4. The summed E-state index contributed by atoms with van der Waals surface area (Å²) in [4.78, 5) is 64.3. The van der Waals surface area contributed by atoms with E-state index in [4.69, 9.17) is 0 Å². The molecule has 1 fully saturated rings. The van der Waals surface area contributed by atoms with Crippen molar-refractivity contribution >= 4 is 29.8 Å². The molecule has 14 nitrogen and oxygen atoms in total. The molecule has 0 saturated carbocycles. The maximum absolute atomic E-state index is 13.9. The Hall–Kier alpha value is -3.94. The van der Waals surface area contributed by atoms with Crippen molar-refractivity contribution in [1.29, 1.82) is 0 Å². The van der Waals surface area contributed by atoms with Gasteiger partial charge in [0.05, 0.1) is 19.6 Å². The number of halogens is 5. The van der Waals surface area contributed by atoms with E-state index >= 15 is 0 Å². The SMILES string of the molecule is O=C(O)CN1CCN(CC(=O)O)CCN(C(CCC(=O)Oc2c(F)c(F)c(F)c(F)c2F)C(=O)O)CCN(CC(=O)O)CC1. The molecule has 1 aliphatic rings. The standard InChI is InChI=1S/C25H31F5N4O10/c26-19-20(27)22(29)24(23(30)21(19)28)44-18(41)2-1-14(25(42)43)34-9-7-32(12-16(37)38)5-3-31(11-15(35)36)4-6-33(8-10-34)13-17(39)40/h14H,1-13H2,(H,35,36)(H,37,38)(H,39,40)(H,42,43). The lowest BCUT2D eigenvalue weighted by molar-refractivity contribution is -0.145. The predicted molar refractivity (Wildman–Crippen MR) is 136 cm³/mol. The summed E-state index contributed by atoms with van der Waals surface area (Å²) in [6, 6.07) is -1.51. The Kier molecular flexibility index (Phi) is 13.8. The van der Waals surface area contributed by atoms with Gasteiger partial charge in [-0.3, -0.25) is 43.6 Å². The molecule has 0 radical (unpaired) electrons. The van der Waals surface area contributed by atoms with Gasteiger partial charge in [-0.1, -0.05) is 0 Å². The number of ether oxygens (including phenoxy) is 1. The molecule has 44 heavy (non-hydrogen) atoms. The summed E-state index contributed by atoms with van der Waals surface area (Å²) in [6.45, 7) is -1.42. The third-order valence-corrected chi connectivity index (χ3v) is 6.68. The van der Waals surface area contributed by atoms with Crippen LogP contribution >= 0.6 is 0 Å². The van der Waals surface area contributed by atoms with Crippen molar-refractivity contribution in [3.8, 4) is 5.75 Å². The number of rotatable bonds is 12. The van der Waals surface area contributed by atoms with Crippen LogP contribution in [0.25, 0.3) is 0 Å². The first-order chi connectivity index (χ1) is 20.6. The Morgan fingerprint density at radius 3 is 1.27 bits per heavy atom. The van der Waals surface area contributed by atoms with Gasteiger partial charge in [0.1, 0.15) is 6.04 Å². The van der Waals surface area contributed by atoms with Gasteiger partial charge in [-0.25, -0.2) is 13.2 Å². The molecular formula is C25H31F5N4O10. The highest BCUT2D eigenvalue weighted by atomic mass is 19.2. The zero-order valence-corrected chi connectivity index (χ0v) is 23.2. The maximum atomic E-state index is 13.9. The van der Waals surface area contributed by atoms with Gasteiger partial charge >= 0.3 is 29.8 Å². The molecule has 1 aromatic rings. The highest BCUT2D eigenvalue weighted by molar-refractivity contribution is 5.76. The van der Waals surface area contributed by atoms with Crippen LogP contribution in [-0.4, -0.2) is 148 Å². The average molecular weight is 643 g/mol. The number of hydrogen-bond donors (Lipinski definition) is 4. The molecule has 0 spiro atoms. The molecular weight excluding hydrogens is 611 g/mol. The summed E-state index contributed by atoms with van der Waals surface area (Å²) < 4.78 is 72.4. The first-order valence-electron chi connectivity index (χ1n) is 13.1. The van der Waals surface area contributed by atoms with E-state index in [-0.39, 0.29) is 52.4 Å². The first kappa shape index (κ1) is 36.3. The third-order valence-electron chi connectivity index (χ3n) is 6.68. The molecule has 1 aliphatic heterocycles. The van der Waals surface area contributed by atoms with E-state index in [2.05, 4.69) is 4.74 Å². The summed E-state index contributed by atoms with van der Waals surface area (Å²) >= 11 is 0. The fraction of sp³-hybridized carbons (Fsp3) is 0.560. The van der Waals surface area contributed by atoms with E-state index in [1.54, 1.807) is 0 Å². The first-order valence-corrected chi connectivity index (χ1v) is 13.1. The maximum Gasteiger partial charge on any atom is 0.320 e. The van der Waals surface area contributed by atoms with Crippen molar-refractivity contribution in [2.75, 3.05) is 72.0 Å². The Morgan fingerprint density at radius 2 is 0.932 bits per heavy atom. The zero-order chi connectivity index (χ0) is 33.1. The number of esters is 1. The number of aliphatic carboxylic acids is 4. The number of hydrogen-bond acceptors (Lipinski definition) is 10. The number of carbonyl (C=O) groups is 5. The Bertz CT molecular complexity index is 1180. The summed E-state index contributed by atoms with van der Waals surface area (Å²) in [5, 5.41) is 37.8. The number of nitrogens with zero attached hydrogens (tertiary/aromatic N) is 4. The van der Waals surface area contributed by atoms with E-state index < -0.39 is 103 Å². The second-order valence-corrected chi connectivity index (χ2v) is 9.81. The van der Waals surface area contributed by atoms with Crippen LogP contribution in [0.15, 0.2) is 0 Å². The molecule has 1 saturated heterocycles. The molecule has 0 amide bonds. The summed E-state index contributed by atoms with van der Waals surface area (Å²) in [5.74, 6) is -20.4. The topological polar surface area (TPSA) is 188 Å². The quantitative estimate of drug-likeness (QED) is 0.0784. The molecule has 0 bridgehead atoms. The minimum Gasteiger partial charge on any atom is -0.480 e. The fourth-order valence-electron chi connectivity index (χ4n) is 4.47. The predicted octanol–water partition coefficient (Wildman–Crippen LogP) is -0.00370. The third kappa shape index (κ3) is 11.0. The molecule has 19 heteroatoms. The minimum atomic E-state index is -2.47. The normalized spacial score (nSPS) is 17.3. The number of carbonyl (C=O) groups excluding carboxylic acids is 1. The summed E-state index contributed by atoms with van der Waals surface area (Å²) in [7, 11) is 0. The fourth-order valence-corrected chi connectivity index (χ4v) is 4.47. The molecule has 0 aromatic heterocycles. The molecule has 2 rings (SSSR count). The van der Waals surface area contributed by atoms with Crippen molar-refractivity contribution in [2.24, 2.45) is 0 Å². The molecule has 4 N–H and O–H groups in total. The van der Waals surface area contributed by atoms with Crippen LogP contribution in [0, 0.1) is 29.1 Å². The van der Waals surface area contributed by atoms with Gasteiger partial charge < -0.3 is 25.2 Å². The Morgan fingerprint density at radius 1 is 0.591 bits per heavy atom. The highest BCUT2D eigenvalue weighted by Crippen LogP contribution is 2.29. The number of benzene rings is 1. The average Bonchev–Trinajstić information content (AvgIpc) is 2.93. The second-order valence-electron chi connectivity index (χ2n) is 9.81.